The fourth-order valence-electron chi connectivity index (χ4n) is 1.30. The maximum absolute atomic E-state index is 12.2. The molecule has 3 N–H and O–H groups in total. The quantitative estimate of drug-likeness (QED) is 0.351. The second kappa shape index (κ2) is 6.50. The van der Waals surface area contributed by atoms with Gasteiger partial charge in [0, 0.05) is 19.5 Å². The highest BCUT2D eigenvalue weighted by Crippen LogP contribution is 2.28. The molecular formula is C9H14BrN3O3S2. The van der Waals surface area contributed by atoms with Crippen LogP contribution >= 0.6 is 27.3 Å². The maximum Gasteiger partial charge on any atom is 0.252 e. The van der Waals surface area contributed by atoms with Crippen LogP contribution in [0.1, 0.15) is 13.3 Å². The number of hydrogen-bond donors (Lipinski definition) is 2. The summed E-state index contributed by atoms with van der Waals surface area (Å²) in [4.78, 5) is 0. The Morgan fingerprint density at radius 1 is 1.61 bits per heavy atom. The minimum Gasteiger partial charge on any atom is -0.409 e. The van der Waals surface area contributed by atoms with Crippen LogP contribution in [0.15, 0.2) is 25.3 Å². The van der Waals surface area contributed by atoms with Crippen LogP contribution in [0.4, 0.5) is 0 Å². The van der Waals surface area contributed by atoms with Crippen LogP contribution in [0.3, 0.4) is 0 Å². The molecule has 18 heavy (non-hydrogen) atoms. The van der Waals surface area contributed by atoms with Crippen molar-refractivity contribution in [2.24, 2.45) is 10.9 Å². The molecule has 6 nitrogen and oxygen atoms in total. The van der Waals surface area contributed by atoms with Gasteiger partial charge in [0.25, 0.3) is 10.0 Å². The van der Waals surface area contributed by atoms with Crippen LogP contribution in [0.2, 0.25) is 0 Å². The van der Waals surface area contributed by atoms with Gasteiger partial charge in [-0.3, -0.25) is 0 Å². The van der Waals surface area contributed by atoms with Crippen molar-refractivity contribution in [1.29, 1.82) is 0 Å². The average molecular weight is 356 g/mol. The summed E-state index contributed by atoms with van der Waals surface area (Å²) in [6.07, 6.45) is 0.191. The fourth-order valence-corrected chi connectivity index (χ4v) is 4.92. The van der Waals surface area contributed by atoms with E-state index in [-0.39, 0.29) is 23.0 Å². The Morgan fingerprint density at radius 2 is 2.28 bits per heavy atom. The van der Waals surface area contributed by atoms with E-state index in [2.05, 4.69) is 21.1 Å². The zero-order chi connectivity index (χ0) is 13.8. The van der Waals surface area contributed by atoms with Gasteiger partial charge in [-0.15, -0.1) is 11.3 Å². The third-order valence-corrected chi connectivity index (χ3v) is 6.31. The number of thiophene rings is 1. The molecule has 0 atom stereocenters. The molecule has 1 aromatic heterocycles. The Kier molecular flexibility index (Phi) is 5.57. The normalized spacial score (nSPS) is 13.2. The lowest BCUT2D eigenvalue weighted by Gasteiger charge is -2.18. The average Bonchev–Trinajstić information content (AvgIpc) is 2.76. The Morgan fingerprint density at radius 3 is 2.72 bits per heavy atom. The number of oxime groups is 1. The molecule has 0 spiro atoms. The third kappa shape index (κ3) is 3.67. The van der Waals surface area contributed by atoms with Gasteiger partial charge in [-0.05, 0) is 28.1 Å². The van der Waals surface area contributed by atoms with Crippen LogP contribution in [0, 0.1) is 0 Å². The van der Waals surface area contributed by atoms with Gasteiger partial charge in [-0.2, -0.15) is 4.31 Å². The highest BCUT2D eigenvalue weighted by Gasteiger charge is 2.24. The minimum atomic E-state index is -3.50. The van der Waals surface area contributed by atoms with Crippen molar-refractivity contribution in [3.8, 4) is 0 Å². The summed E-state index contributed by atoms with van der Waals surface area (Å²) < 4.78 is 26.8. The maximum atomic E-state index is 12.2. The molecule has 1 heterocycles. The van der Waals surface area contributed by atoms with Gasteiger partial charge >= 0.3 is 0 Å². The molecule has 0 fully saturated rings. The summed E-state index contributed by atoms with van der Waals surface area (Å²) in [5.74, 6) is 0.0102. The van der Waals surface area contributed by atoms with Crippen LogP contribution < -0.4 is 5.73 Å². The zero-order valence-electron chi connectivity index (χ0n) is 9.71. The lowest BCUT2D eigenvalue weighted by atomic mass is 10.4. The van der Waals surface area contributed by atoms with Crippen molar-refractivity contribution in [3.63, 3.8) is 0 Å². The van der Waals surface area contributed by atoms with E-state index < -0.39 is 10.0 Å². The molecule has 0 amide bonds. The van der Waals surface area contributed by atoms with E-state index in [1.807, 2.05) is 0 Å². The molecule has 1 rings (SSSR count). The first kappa shape index (κ1) is 15.4. The van der Waals surface area contributed by atoms with E-state index in [0.717, 1.165) is 15.1 Å². The summed E-state index contributed by atoms with van der Waals surface area (Å²) in [5.41, 5.74) is 5.34. The highest BCUT2D eigenvalue weighted by molar-refractivity contribution is 9.11. The second-order valence-corrected chi connectivity index (χ2v) is 8.02. The highest BCUT2D eigenvalue weighted by atomic mass is 79.9. The van der Waals surface area contributed by atoms with Crippen LogP contribution in [0.25, 0.3) is 0 Å². The van der Waals surface area contributed by atoms with Gasteiger partial charge < -0.3 is 10.9 Å². The summed E-state index contributed by atoms with van der Waals surface area (Å²) in [5, 5.41) is 11.3. The van der Waals surface area contributed by atoms with Crippen molar-refractivity contribution < 1.29 is 13.6 Å². The lowest BCUT2D eigenvalue weighted by Crippen LogP contribution is -2.33. The van der Waals surface area contributed by atoms with Crippen molar-refractivity contribution in [2.75, 3.05) is 13.1 Å². The first-order valence-electron chi connectivity index (χ1n) is 5.13. The predicted octanol–water partition coefficient (Wildman–Crippen LogP) is 1.66. The zero-order valence-corrected chi connectivity index (χ0v) is 12.9. The molecule has 0 aliphatic heterocycles. The summed E-state index contributed by atoms with van der Waals surface area (Å²) >= 11 is 4.39. The fraction of sp³-hybridized carbons (Fsp3) is 0.444. The Bertz CT molecular complexity index is 527. The Hall–Kier alpha value is -0.640. The van der Waals surface area contributed by atoms with Crippen molar-refractivity contribution in [1.82, 2.24) is 4.31 Å². The smallest absolute Gasteiger partial charge is 0.252 e. The summed E-state index contributed by atoms with van der Waals surface area (Å²) in [6, 6.07) is 3.24. The standard InChI is InChI=1S/C9H14BrN3O3S2/c1-2-13(6-5-8(11)12-14)18(15,16)9-4-3-7(10)17-9/h3-4,14H,2,5-6H2,1H3,(H2,11,12). The molecule has 9 heteroatoms. The number of sulfonamides is 1. The number of rotatable bonds is 6. The molecule has 0 unspecified atom stereocenters. The topological polar surface area (TPSA) is 96.0 Å². The summed E-state index contributed by atoms with van der Waals surface area (Å²) in [7, 11) is -3.50. The largest absolute Gasteiger partial charge is 0.409 e. The molecule has 0 aliphatic carbocycles. The SMILES string of the molecule is CCN(CC/C(N)=N/O)S(=O)(=O)c1ccc(Br)s1. The number of nitrogens with zero attached hydrogens (tertiary/aromatic N) is 2. The number of hydrogen-bond acceptors (Lipinski definition) is 5. The molecular weight excluding hydrogens is 342 g/mol. The van der Waals surface area contributed by atoms with Crippen molar-refractivity contribution in [3.05, 3.63) is 15.9 Å². The van der Waals surface area contributed by atoms with Gasteiger partial charge in [0.15, 0.2) is 0 Å². The van der Waals surface area contributed by atoms with E-state index in [1.165, 1.54) is 4.31 Å². The number of halogens is 1. The predicted molar refractivity (Wildman–Crippen MR) is 74.5 cm³/mol. The van der Waals surface area contributed by atoms with Crippen LogP contribution in [-0.2, 0) is 10.0 Å². The van der Waals surface area contributed by atoms with E-state index in [0.29, 0.717) is 6.54 Å². The van der Waals surface area contributed by atoms with Gasteiger partial charge in [-0.1, -0.05) is 12.1 Å². The lowest BCUT2D eigenvalue weighted by molar-refractivity contribution is 0.315. The molecule has 0 saturated heterocycles. The molecule has 0 saturated carbocycles. The van der Waals surface area contributed by atoms with Crippen LogP contribution in [0.5, 0.6) is 0 Å². The van der Waals surface area contributed by atoms with E-state index >= 15 is 0 Å². The van der Waals surface area contributed by atoms with Gasteiger partial charge in [0.05, 0.1) is 3.79 Å². The third-order valence-electron chi connectivity index (χ3n) is 2.24. The first-order chi connectivity index (χ1) is 8.41. The molecule has 102 valence electrons. The van der Waals surface area contributed by atoms with E-state index in [1.54, 1.807) is 19.1 Å². The van der Waals surface area contributed by atoms with Crippen molar-refractivity contribution in [2.45, 2.75) is 17.6 Å². The number of amidine groups is 1. The second-order valence-electron chi connectivity index (χ2n) is 3.40. The van der Waals surface area contributed by atoms with Crippen LogP contribution in [-0.4, -0.2) is 36.9 Å². The molecule has 0 aliphatic rings. The van der Waals surface area contributed by atoms with Gasteiger partial charge in [0.1, 0.15) is 10.0 Å². The molecule has 0 aromatic carbocycles. The number of nitrogens with two attached hydrogens (primary N) is 1. The van der Waals surface area contributed by atoms with E-state index in [4.69, 9.17) is 10.9 Å². The molecule has 0 bridgehead atoms. The minimum absolute atomic E-state index is 0.0102. The summed E-state index contributed by atoms with van der Waals surface area (Å²) in [6.45, 7) is 2.26. The molecule has 0 radical (unpaired) electrons. The van der Waals surface area contributed by atoms with Gasteiger partial charge in [0.2, 0.25) is 0 Å². The monoisotopic (exact) mass is 355 g/mol. The van der Waals surface area contributed by atoms with E-state index in [9.17, 15) is 8.42 Å². The van der Waals surface area contributed by atoms with Gasteiger partial charge in [-0.25, -0.2) is 8.42 Å². The first-order valence-corrected chi connectivity index (χ1v) is 8.18. The van der Waals surface area contributed by atoms with Crippen molar-refractivity contribution >= 4 is 43.1 Å². The Labute approximate surface area is 118 Å². The Balaban J connectivity index is 2.87. The molecule has 1 aromatic rings.